The first-order valence-electron chi connectivity index (χ1n) is 10.3. The SMILES string of the molecule is Cc1cc2c3cccc4ccc5c(=O)c6ccc7cccc8c(c1)c2n(c5c43)c6c78. The predicted octanol–water partition coefficient (Wildman–Crippen LogP) is 6.84. The minimum Gasteiger partial charge on any atom is -0.306 e. The van der Waals surface area contributed by atoms with E-state index in [-0.39, 0.29) is 5.43 Å². The molecule has 3 heterocycles. The first-order valence-corrected chi connectivity index (χ1v) is 10.3. The number of aryl methyl sites for hydroxylation is 1. The van der Waals surface area contributed by atoms with E-state index in [9.17, 15) is 4.79 Å². The quantitative estimate of drug-likeness (QED) is 0.208. The first-order chi connectivity index (χ1) is 14.7. The van der Waals surface area contributed by atoms with Crippen LogP contribution < -0.4 is 5.43 Å². The van der Waals surface area contributed by atoms with Gasteiger partial charge >= 0.3 is 0 Å². The molecule has 0 aliphatic rings. The molecule has 0 unspecified atom stereocenters. The Bertz CT molecular complexity index is 1890. The summed E-state index contributed by atoms with van der Waals surface area (Å²) in [5, 5.41) is 11.3. The van der Waals surface area contributed by atoms with Gasteiger partial charge in [-0.1, -0.05) is 48.5 Å². The van der Waals surface area contributed by atoms with Crippen LogP contribution in [0, 0.1) is 6.92 Å². The molecule has 0 radical (unpaired) electrons. The summed E-state index contributed by atoms with van der Waals surface area (Å²) in [5.41, 5.74) is 4.71. The Morgan fingerprint density at radius 2 is 1.10 bits per heavy atom. The lowest BCUT2D eigenvalue weighted by atomic mass is 9.90. The molecule has 30 heavy (non-hydrogen) atoms. The van der Waals surface area contributed by atoms with E-state index in [1.807, 2.05) is 12.1 Å². The van der Waals surface area contributed by atoms with E-state index in [0.717, 1.165) is 21.8 Å². The molecular formula is C28H15NO. The van der Waals surface area contributed by atoms with Gasteiger partial charge in [-0.2, -0.15) is 0 Å². The molecule has 8 aromatic rings. The average Bonchev–Trinajstić information content (AvgIpc) is 2.77. The lowest BCUT2D eigenvalue weighted by Gasteiger charge is -2.23. The minimum absolute atomic E-state index is 0.128. The Morgan fingerprint density at radius 3 is 1.63 bits per heavy atom. The maximum atomic E-state index is 13.6. The second kappa shape index (κ2) is 4.63. The summed E-state index contributed by atoms with van der Waals surface area (Å²) in [4.78, 5) is 13.6. The zero-order chi connectivity index (χ0) is 19.7. The third kappa shape index (κ3) is 1.45. The lowest BCUT2D eigenvalue weighted by Crippen LogP contribution is -2.11. The van der Waals surface area contributed by atoms with Gasteiger partial charge in [0.2, 0.25) is 0 Å². The Balaban J connectivity index is 1.98. The van der Waals surface area contributed by atoms with Crippen LogP contribution in [0.15, 0.2) is 77.6 Å². The number of benzene rings is 5. The molecule has 0 bridgehead atoms. The standard InChI is InChI=1S/C28H15NO/c1-14-12-21-17-6-2-4-15-8-10-19-26(23(15)17)29-25(21)22(13-14)18-7-3-5-16-9-11-20(28(19)30)27(29)24(16)18/h2-13H,1H3. The third-order valence-corrected chi connectivity index (χ3v) is 7.03. The summed E-state index contributed by atoms with van der Waals surface area (Å²) in [6.45, 7) is 2.18. The zero-order valence-electron chi connectivity index (χ0n) is 16.3. The monoisotopic (exact) mass is 381 g/mol. The molecule has 0 amide bonds. The molecule has 0 saturated carbocycles. The van der Waals surface area contributed by atoms with Crippen LogP contribution in [0.2, 0.25) is 0 Å². The molecule has 138 valence electrons. The maximum absolute atomic E-state index is 13.6. The van der Waals surface area contributed by atoms with Crippen LogP contribution in [-0.4, -0.2) is 4.40 Å². The summed E-state index contributed by atoms with van der Waals surface area (Å²) in [7, 11) is 0. The van der Waals surface area contributed by atoms with Gasteiger partial charge in [0, 0.05) is 32.3 Å². The second-order valence-corrected chi connectivity index (χ2v) is 8.60. The van der Waals surface area contributed by atoms with E-state index in [1.165, 1.54) is 54.2 Å². The van der Waals surface area contributed by atoms with Crippen molar-refractivity contribution in [2.45, 2.75) is 6.92 Å². The summed E-state index contributed by atoms with van der Waals surface area (Å²) < 4.78 is 2.39. The Hall–Kier alpha value is -3.91. The highest BCUT2D eigenvalue weighted by Crippen LogP contribution is 2.44. The Kier molecular flexibility index (Phi) is 2.31. The van der Waals surface area contributed by atoms with Gasteiger partial charge in [-0.15, -0.1) is 0 Å². The number of hydrogen-bond donors (Lipinski definition) is 0. The van der Waals surface area contributed by atoms with Crippen LogP contribution in [0.5, 0.6) is 0 Å². The third-order valence-electron chi connectivity index (χ3n) is 7.03. The maximum Gasteiger partial charge on any atom is 0.197 e. The van der Waals surface area contributed by atoms with Crippen molar-refractivity contribution in [3.8, 4) is 0 Å². The molecule has 8 rings (SSSR count). The Labute approximate surface area is 170 Å². The highest BCUT2D eigenvalue weighted by atomic mass is 16.1. The molecule has 0 atom stereocenters. The van der Waals surface area contributed by atoms with Gasteiger partial charge in [0.25, 0.3) is 0 Å². The molecular weight excluding hydrogens is 366 g/mol. The Morgan fingerprint density at radius 1 is 0.567 bits per heavy atom. The number of fused-ring (bicyclic) bond motifs is 2. The molecule has 5 aromatic carbocycles. The summed E-state index contributed by atoms with van der Waals surface area (Å²) in [5.74, 6) is 0. The van der Waals surface area contributed by atoms with Gasteiger partial charge in [0.05, 0.1) is 16.6 Å². The summed E-state index contributed by atoms with van der Waals surface area (Å²) in [6.07, 6.45) is 0. The van der Waals surface area contributed by atoms with E-state index in [2.05, 4.69) is 72.0 Å². The summed E-state index contributed by atoms with van der Waals surface area (Å²) in [6, 6.07) is 25.8. The van der Waals surface area contributed by atoms with Crippen molar-refractivity contribution in [1.29, 1.82) is 0 Å². The number of nitrogens with zero attached hydrogens (tertiary/aromatic N) is 1. The molecule has 0 saturated heterocycles. The molecule has 0 fully saturated rings. The minimum atomic E-state index is 0.128. The van der Waals surface area contributed by atoms with Gasteiger partial charge in [0.15, 0.2) is 5.43 Å². The average molecular weight is 381 g/mol. The molecule has 0 aliphatic heterocycles. The smallest absolute Gasteiger partial charge is 0.197 e. The van der Waals surface area contributed by atoms with Gasteiger partial charge < -0.3 is 4.40 Å². The largest absolute Gasteiger partial charge is 0.306 e. The number of pyridine rings is 3. The van der Waals surface area contributed by atoms with Crippen LogP contribution in [0.3, 0.4) is 0 Å². The highest BCUT2D eigenvalue weighted by molar-refractivity contribution is 6.33. The number of aromatic nitrogens is 1. The van der Waals surface area contributed by atoms with Crippen molar-refractivity contribution in [2.24, 2.45) is 0 Å². The normalized spacial score (nSPS) is 13.0. The zero-order valence-corrected chi connectivity index (χ0v) is 16.3. The molecule has 0 spiro atoms. The van der Waals surface area contributed by atoms with Gasteiger partial charge in [-0.05, 0) is 58.3 Å². The van der Waals surface area contributed by atoms with Gasteiger partial charge in [-0.3, -0.25) is 4.79 Å². The molecule has 3 aromatic heterocycles. The van der Waals surface area contributed by atoms with Crippen LogP contribution in [0.1, 0.15) is 5.56 Å². The predicted molar refractivity (Wildman–Crippen MR) is 127 cm³/mol. The molecule has 2 heteroatoms. The van der Waals surface area contributed by atoms with E-state index in [1.54, 1.807) is 0 Å². The summed E-state index contributed by atoms with van der Waals surface area (Å²) >= 11 is 0. The van der Waals surface area contributed by atoms with Crippen LogP contribution in [-0.2, 0) is 0 Å². The highest BCUT2D eigenvalue weighted by Gasteiger charge is 2.23. The molecule has 0 N–H and O–H groups in total. The van der Waals surface area contributed by atoms with Crippen LogP contribution in [0.25, 0.3) is 70.4 Å². The lowest BCUT2D eigenvalue weighted by molar-refractivity contribution is 1.33. The van der Waals surface area contributed by atoms with E-state index < -0.39 is 0 Å². The fourth-order valence-electron chi connectivity index (χ4n) is 5.91. The van der Waals surface area contributed by atoms with Crippen molar-refractivity contribution in [1.82, 2.24) is 4.40 Å². The topological polar surface area (TPSA) is 21.5 Å². The van der Waals surface area contributed by atoms with Crippen LogP contribution in [0.4, 0.5) is 0 Å². The van der Waals surface area contributed by atoms with Crippen molar-refractivity contribution in [3.05, 3.63) is 88.6 Å². The van der Waals surface area contributed by atoms with Gasteiger partial charge in [-0.25, -0.2) is 0 Å². The van der Waals surface area contributed by atoms with E-state index in [4.69, 9.17) is 0 Å². The first kappa shape index (κ1) is 15.0. The van der Waals surface area contributed by atoms with Crippen molar-refractivity contribution < 1.29 is 0 Å². The second-order valence-electron chi connectivity index (χ2n) is 8.60. The number of hydrogen-bond acceptors (Lipinski definition) is 1. The van der Waals surface area contributed by atoms with Crippen molar-refractivity contribution in [3.63, 3.8) is 0 Å². The van der Waals surface area contributed by atoms with E-state index in [0.29, 0.717) is 0 Å². The van der Waals surface area contributed by atoms with Gasteiger partial charge in [0.1, 0.15) is 0 Å². The fourth-order valence-corrected chi connectivity index (χ4v) is 5.91. The van der Waals surface area contributed by atoms with Crippen molar-refractivity contribution >= 4 is 70.4 Å². The molecule has 2 nitrogen and oxygen atoms in total. The van der Waals surface area contributed by atoms with Crippen LogP contribution >= 0.6 is 0 Å². The molecule has 0 aliphatic carbocycles. The van der Waals surface area contributed by atoms with Crippen molar-refractivity contribution in [2.75, 3.05) is 0 Å². The fraction of sp³-hybridized carbons (Fsp3) is 0.0357. The van der Waals surface area contributed by atoms with E-state index >= 15 is 0 Å². The number of rotatable bonds is 0.